The molecule has 45 heavy (non-hydrogen) atoms. The first-order valence-corrected chi connectivity index (χ1v) is 18.1. The van der Waals surface area contributed by atoms with Crippen molar-refractivity contribution in [3.05, 3.63) is 54.1 Å². The van der Waals surface area contributed by atoms with Gasteiger partial charge in [-0.05, 0) is 128 Å². The van der Waals surface area contributed by atoms with Gasteiger partial charge >= 0.3 is 5.97 Å². The molecule has 0 amide bonds. The SMILES string of the molecule is C=C(C)C1CC[C@]2(COC(=O)COC/C=C/c3ccccc3)CC[C@]3(C)C(CCC4[C@@]5(C)CC[C@H](O)C(C)(C)C5CC[C@]43C)C12. The number of hydrogen-bond donors (Lipinski definition) is 1. The molecule has 1 N–H and O–H groups in total. The van der Waals surface area contributed by atoms with Crippen LogP contribution >= 0.6 is 0 Å². The van der Waals surface area contributed by atoms with Crippen molar-refractivity contribution < 1.29 is 19.4 Å². The van der Waals surface area contributed by atoms with E-state index in [1.165, 1.54) is 37.7 Å². The third kappa shape index (κ3) is 5.29. The Kier molecular flexibility index (Phi) is 8.77. The molecule has 248 valence electrons. The van der Waals surface area contributed by atoms with E-state index in [9.17, 15) is 9.90 Å². The van der Waals surface area contributed by atoms with Gasteiger partial charge in [0.25, 0.3) is 0 Å². The number of fused-ring (bicyclic) bond motifs is 7. The smallest absolute Gasteiger partial charge is 0.332 e. The number of ether oxygens (including phenoxy) is 2. The molecular formula is C41H60O4. The summed E-state index contributed by atoms with van der Waals surface area (Å²) in [5.41, 5.74) is 3.29. The van der Waals surface area contributed by atoms with Crippen molar-refractivity contribution in [2.45, 2.75) is 112 Å². The Bertz CT molecular complexity index is 1280. The van der Waals surface area contributed by atoms with E-state index in [0.717, 1.165) is 37.7 Å². The molecule has 5 unspecified atom stereocenters. The van der Waals surface area contributed by atoms with E-state index >= 15 is 0 Å². The Morgan fingerprint density at radius 3 is 2.40 bits per heavy atom. The minimum Gasteiger partial charge on any atom is -0.463 e. The Labute approximate surface area is 273 Å². The first-order valence-electron chi connectivity index (χ1n) is 18.1. The number of allylic oxidation sites excluding steroid dienone is 1. The average molecular weight is 617 g/mol. The van der Waals surface area contributed by atoms with Crippen molar-refractivity contribution >= 4 is 12.0 Å². The van der Waals surface area contributed by atoms with Gasteiger partial charge < -0.3 is 14.6 Å². The van der Waals surface area contributed by atoms with Crippen LogP contribution in [0.3, 0.4) is 0 Å². The molecule has 5 fully saturated rings. The molecule has 0 heterocycles. The van der Waals surface area contributed by atoms with Crippen LogP contribution < -0.4 is 0 Å². The summed E-state index contributed by atoms with van der Waals surface area (Å²) in [6.45, 7) is 20.3. The van der Waals surface area contributed by atoms with E-state index in [1.807, 2.05) is 30.4 Å². The zero-order chi connectivity index (χ0) is 32.3. The second-order valence-electron chi connectivity index (χ2n) is 17.4. The van der Waals surface area contributed by atoms with Crippen molar-refractivity contribution in [3.63, 3.8) is 0 Å². The fourth-order valence-electron chi connectivity index (χ4n) is 12.7. The molecule has 5 aliphatic rings. The van der Waals surface area contributed by atoms with E-state index in [1.54, 1.807) is 0 Å². The highest BCUT2D eigenvalue weighted by Crippen LogP contribution is 2.77. The van der Waals surface area contributed by atoms with Crippen LogP contribution in [0, 0.1) is 56.7 Å². The normalized spacial score (nSPS) is 43.5. The lowest BCUT2D eigenvalue weighted by Gasteiger charge is -2.73. The summed E-state index contributed by atoms with van der Waals surface area (Å²) < 4.78 is 11.8. The van der Waals surface area contributed by atoms with Gasteiger partial charge in [0.2, 0.25) is 0 Å². The van der Waals surface area contributed by atoms with Crippen LogP contribution in [0.25, 0.3) is 6.08 Å². The molecule has 0 spiro atoms. The summed E-state index contributed by atoms with van der Waals surface area (Å²) in [6.07, 6.45) is 15.6. The molecule has 1 aromatic carbocycles. The maximum Gasteiger partial charge on any atom is 0.332 e. The van der Waals surface area contributed by atoms with Gasteiger partial charge in [-0.25, -0.2) is 4.79 Å². The monoisotopic (exact) mass is 616 g/mol. The zero-order valence-electron chi connectivity index (χ0n) is 29.1. The number of rotatable bonds is 8. The van der Waals surface area contributed by atoms with E-state index in [-0.39, 0.29) is 45.8 Å². The fourth-order valence-corrected chi connectivity index (χ4v) is 12.7. The summed E-state index contributed by atoms with van der Waals surface area (Å²) in [5, 5.41) is 11.1. The van der Waals surface area contributed by atoms with Crippen LogP contribution in [0.4, 0.5) is 0 Å². The van der Waals surface area contributed by atoms with Crippen molar-refractivity contribution in [1.29, 1.82) is 0 Å². The van der Waals surface area contributed by atoms with Crippen LogP contribution in [-0.2, 0) is 14.3 Å². The third-order valence-electron chi connectivity index (χ3n) is 15.3. The molecule has 5 saturated carbocycles. The molecule has 0 bridgehead atoms. The number of aliphatic hydroxyl groups excluding tert-OH is 1. The average Bonchev–Trinajstić information content (AvgIpc) is 3.39. The van der Waals surface area contributed by atoms with E-state index in [0.29, 0.717) is 42.8 Å². The molecule has 10 atom stereocenters. The Balaban J connectivity index is 1.17. The van der Waals surface area contributed by atoms with Gasteiger partial charge in [-0.15, -0.1) is 0 Å². The quantitative estimate of drug-likeness (QED) is 0.180. The lowest BCUT2D eigenvalue weighted by Crippen LogP contribution is -2.66. The molecule has 0 radical (unpaired) electrons. The lowest BCUT2D eigenvalue weighted by atomic mass is 9.32. The van der Waals surface area contributed by atoms with Crippen LogP contribution in [0.15, 0.2) is 48.6 Å². The van der Waals surface area contributed by atoms with Gasteiger partial charge in [-0.3, -0.25) is 0 Å². The van der Waals surface area contributed by atoms with Gasteiger partial charge in [0.15, 0.2) is 0 Å². The van der Waals surface area contributed by atoms with Gasteiger partial charge in [0.1, 0.15) is 6.61 Å². The van der Waals surface area contributed by atoms with Gasteiger partial charge in [-0.2, -0.15) is 0 Å². The number of carbonyl (C=O) groups is 1. The summed E-state index contributed by atoms with van der Waals surface area (Å²) in [5.74, 6) is 2.68. The topological polar surface area (TPSA) is 55.8 Å². The summed E-state index contributed by atoms with van der Waals surface area (Å²) >= 11 is 0. The molecule has 6 rings (SSSR count). The number of carbonyl (C=O) groups excluding carboxylic acids is 1. The number of hydrogen-bond acceptors (Lipinski definition) is 4. The Hall–Kier alpha value is -1.91. The maximum absolute atomic E-state index is 12.9. The Morgan fingerprint density at radius 2 is 1.67 bits per heavy atom. The number of benzene rings is 1. The van der Waals surface area contributed by atoms with Gasteiger partial charge in [-0.1, -0.05) is 89.3 Å². The summed E-state index contributed by atoms with van der Waals surface area (Å²) in [6, 6.07) is 10.1. The van der Waals surface area contributed by atoms with E-state index < -0.39 is 0 Å². The first-order chi connectivity index (χ1) is 21.3. The van der Waals surface area contributed by atoms with Crippen LogP contribution in [0.1, 0.15) is 111 Å². The Morgan fingerprint density at radius 1 is 0.911 bits per heavy atom. The highest BCUT2D eigenvalue weighted by Gasteiger charge is 2.71. The second kappa shape index (κ2) is 12.0. The van der Waals surface area contributed by atoms with Crippen LogP contribution in [0.2, 0.25) is 0 Å². The van der Waals surface area contributed by atoms with Crippen LogP contribution in [0.5, 0.6) is 0 Å². The van der Waals surface area contributed by atoms with E-state index in [4.69, 9.17) is 9.47 Å². The van der Waals surface area contributed by atoms with Gasteiger partial charge in [0, 0.05) is 5.41 Å². The highest BCUT2D eigenvalue weighted by atomic mass is 16.6. The van der Waals surface area contributed by atoms with Crippen molar-refractivity contribution in [2.75, 3.05) is 19.8 Å². The third-order valence-corrected chi connectivity index (χ3v) is 15.3. The van der Waals surface area contributed by atoms with Crippen molar-refractivity contribution in [2.24, 2.45) is 56.7 Å². The van der Waals surface area contributed by atoms with E-state index in [2.05, 4.69) is 60.3 Å². The van der Waals surface area contributed by atoms with Crippen LogP contribution in [-0.4, -0.2) is 37.0 Å². The maximum atomic E-state index is 12.9. The fraction of sp³-hybridized carbons (Fsp3) is 0.732. The molecule has 1 aromatic rings. The molecule has 4 heteroatoms. The number of esters is 1. The lowest BCUT2D eigenvalue weighted by molar-refractivity contribution is -0.250. The minimum absolute atomic E-state index is 0.00448. The number of aliphatic hydroxyl groups is 1. The molecule has 0 aromatic heterocycles. The standard InChI is InChI=1S/C41H60O4/c1-28(2)30-17-22-41(27-45-35(43)26-44-25-11-14-29-12-9-8-10-13-29)24-23-39(6)31(36(30)41)15-16-33-38(5)20-19-34(42)37(3,4)32(38)18-21-40(33,39)7/h8-14,30-34,36,42H,1,15-27H2,2-7H3/b14-11+/t30?,31?,32?,33?,34-,36?,38-,39+,40+,41+/m0/s1. The summed E-state index contributed by atoms with van der Waals surface area (Å²) in [4.78, 5) is 12.9. The minimum atomic E-state index is -0.243. The summed E-state index contributed by atoms with van der Waals surface area (Å²) in [7, 11) is 0. The first kappa shape index (κ1) is 33.0. The molecule has 5 aliphatic carbocycles. The molecule has 0 aliphatic heterocycles. The molecule has 4 nitrogen and oxygen atoms in total. The molecule has 0 saturated heterocycles. The highest BCUT2D eigenvalue weighted by molar-refractivity contribution is 5.70. The zero-order valence-corrected chi connectivity index (χ0v) is 29.1. The molecular weight excluding hydrogens is 556 g/mol. The van der Waals surface area contributed by atoms with Crippen molar-refractivity contribution in [1.82, 2.24) is 0 Å². The predicted molar refractivity (Wildman–Crippen MR) is 182 cm³/mol. The predicted octanol–water partition coefficient (Wildman–Crippen LogP) is 9.28. The van der Waals surface area contributed by atoms with Gasteiger partial charge in [0.05, 0.1) is 19.3 Å². The van der Waals surface area contributed by atoms with Crippen molar-refractivity contribution in [3.8, 4) is 0 Å². The second-order valence-corrected chi connectivity index (χ2v) is 17.4. The largest absolute Gasteiger partial charge is 0.463 e.